The Bertz CT molecular complexity index is 475. The average molecular weight is 246 g/mol. The standard InChI is InChI=1S/C12H14N4S/c1-16(9-10-3-6-13-7-4-10)11-5-8-14-12(15-11)17-2/h3-8H,9H2,1-2H3. The van der Waals surface area contributed by atoms with Crippen molar-refractivity contribution in [1.82, 2.24) is 15.0 Å². The van der Waals surface area contributed by atoms with E-state index in [9.17, 15) is 0 Å². The third kappa shape index (κ3) is 3.17. The van der Waals surface area contributed by atoms with Crippen LogP contribution < -0.4 is 4.90 Å². The van der Waals surface area contributed by atoms with Crippen LogP contribution in [0.15, 0.2) is 41.9 Å². The minimum absolute atomic E-state index is 0.795. The second kappa shape index (κ2) is 5.63. The minimum Gasteiger partial charge on any atom is -0.355 e. The van der Waals surface area contributed by atoms with E-state index in [1.165, 1.54) is 5.56 Å². The number of thioether (sulfide) groups is 1. The normalized spacial score (nSPS) is 10.2. The minimum atomic E-state index is 0.795. The molecule has 0 spiro atoms. The molecule has 0 aliphatic rings. The first-order valence-electron chi connectivity index (χ1n) is 5.26. The van der Waals surface area contributed by atoms with E-state index in [0.29, 0.717) is 0 Å². The lowest BCUT2D eigenvalue weighted by molar-refractivity contribution is 0.855. The highest BCUT2D eigenvalue weighted by Crippen LogP contribution is 2.15. The maximum atomic E-state index is 4.45. The Morgan fingerprint density at radius 3 is 2.65 bits per heavy atom. The van der Waals surface area contributed by atoms with Crippen molar-refractivity contribution < 1.29 is 0 Å². The number of nitrogens with zero attached hydrogens (tertiary/aromatic N) is 4. The number of rotatable bonds is 4. The quantitative estimate of drug-likeness (QED) is 0.611. The number of anilines is 1. The molecule has 2 aromatic heterocycles. The SMILES string of the molecule is CSc1nccc(N(C)Cc2ccncc2)n1. The molecule has 0 bridgehead atoms. The van der Waals surface area contributed by atoms with Gasteiger partial charge in [0, 0.05) is 32.2 Å². The lowest BCUT2D eigenvalue weighted by atomic mass is 10.2. The average Bonchev–Trinajstić information content (AvgIpc) is 2.40. The second-order valence-corrected chi connectivity index (χ2v) is 4.39. The Morgan fingerprint density at radius 1 is 1.18 bits per heavy atom. The van der Waals surface area contributed by atoms with E-state index in [1.807, 2.05) is 31.5 Å². The molecular formula is C12H14N4S. The highest BCUT2D eigenvalue weighted by molar-refractivity contribution is 7.98. The van der Waals surface area contributed by atoms with Gasteiger partial charge in [-0.15, -0.1) is 0 Å². The van der Waals surface area contributed by atoms with Crippen LogP contribution >= 0.6 is 11.8 Å². The Hall–Kier alpha value is -1.62. The molecule has 0 radical (unpaired) electrons. The predicted molar refractivity (Wildman–Crippen MR) is 70.2 cm³/mol. The maximum absolute atomic E-state index is 4.45. The van der Waals surface area contributed by atoms with E-state index >= 15 is 0 Å². The van der Waals surface area contributed by atoms with Gasteiger partial charge in [0.05, 0.1) is 0 Å². The lowest BCUT2D eigenvalue weighted by Crippen LogP contribution is -2.17. The summed E-state index contributed by atoms with van der Waals surface area (Å²) < 4.78 is 0. The third-order valence-electron chi connectivity index (χ3n) is 2.36. The molecule has 0 aliphatic carbocycles. The summed E-state index contributed by atoms with van der Waals surface area (Å²) in [4.78, 5) is 14.7. The molecule has 88 valence electrons. The first kappa shape index (κ1) is 11.9. The Morgan fingerprint density at radius 2 is 1.94 bits per heavy atom. The molecule has 0 saturated heterocycles. The van der Waals surface area contributed by atoms with Crippen molar-refractivity contribution in [1.29, 1.82) is 0 Å². The highest BCUT2D eigenvalue weighted by atomic mass is 32.2. The molecule has 17 heavy (non-hydrogen) atoms. The van der Waals surface area contributed by atoms with Crippen LogP contribution in [0.2, 0.25) is 0 Å². The fourth-order valence-electron chi connectivity index (χ4n) is 1.49. The van der Waals surface area contributed by atoms with E-state index in [2.05, 4.69) is 19.9 Å². The molecule has 2 rings (SSSR count). The van der Waals surface area contributed by atoms with Gasteiger partial charge in [-0.25, -0.2) is 9.97 Å². The fraction of sp³-hybridized carbons (Fsp3) is 0.250. The van der Waals surface area contributed by atoms with Crippen molar-refractivity contribution in [2.45, 2.75) is 11.7 Å². The number of hydrogen-bond donors (Lipinski definition) is 0. The summed E-state index contributed by atoms with van der Waals surface area (Å²) in [6, 6.07) is 5.93. The molecule has 2 aromatic rings. The third-order valence-corrected chi connectivity index (χ3v) is 2.92. The van der Waals surface area contributed by atoms with Gasteiger partial charge in [-0.2, -0.15) is 0 Å². The Kier molecular flexibility index (Phi) is 3.93. The van der Waals surface area contributed by atoms with Crippen molar-refractivity contribution in [3.63, 3.8) is 0 Å². The summed E-state index contributed by atoms with van der Waals surface area (Å²) in [6.07, 6.45) is 7.37. The van der Waals surface area contributed by atoms with Gasteiger partial charge in [0.25, 0.3) is 0 Å². The van der Waals surface area contributed by atoms with Crippen LogP contribution in [-0.2, 0) is 6.54 Å². The van der Waals surface area contributed by atoms with E-state index in [-0.39, 0.29) is 0 Å². The maximum Gasteiger partial charge on any atom is 0.189 e. The zero-order valence-electron chi connectivity index (χ0n) is 9.87. The van der Waals surface area contributed by atoms with Crippen LogP contribution in [0.4, 0.5) is 5.82 Å². The molecule has 0 aliphatic heterocycles. The number of pyridine rings is 1. The molecule has 0 aromatic carbocycles. The van der Waals surface area contributed by atoms with Crippen LogP contribution in [-0.4, -0.2) is 28.3 Å². The summed E-state index contributed by atoms with van der Waals surface area (Å²) in [6.45, 7) is 0.813. The second-order valence-electron chi connectivity index (χ2n) is 3.61. The summed E-state index contributed by atoms with van der Waals surface area (Å²) in [5, 5.41) is 0.795. The van der Waals surface area contributed by atoms with Crippen molar-refractivity contribution in [2.24, 2.45) is 0 Å². The largest absolute Gasteiger partial charge is 0.355 e. The van der Waals surface area contributed by atoms with E-state index in [4.69, 9.17) is 0 Å². The topological polar surface area (TPSA) is 41.9 Å². The van der Waals surface area contributed by atoms with Gasteiger partial charge in [0.15, 0.2) is 5.16 Å². The summed E-state index contributed by atoms with van der Waals surface area (Å²) >= 11 is 1.55. The van der Waals surface area contributed by atoms with Gasteiger partial charge in [0.1, 0.15) is 5.82 Å². The molecule has 0 fully saturated rings. The van der Waals surface area contributed by atoms with Gasteiger partial charge < -0.3 is 4.90 Å². The lowest BCUT2D eigenvalue weighted by Gasteiger charge is -2.18. The molecule has 4 nitrogen and oxygen atoms in total. The predicted octanol–water partition coefficient (Wildman–Crippen LogP) is 2.23. The van der Waals surface area contributed by atoms with Crippen molar-refractivity contribution in [3.05, 3.63) is 42.4 Å². The molecule has 0 saturated carbocycles. The van der Waals surface area contributed by atoms with Gasteiger partial charge in [0.2, 0.25) is 0 Å². The highest BCUT2D eigenvalue weighted by Gasteiger charge is 2.04. The van der Waals surface area contributed by atoms with E-state index < -0.39 is 0 Å². The molecule has 0 N–H and O–H groups in total. The zero-order valence-corrected chi connectivity index (χ0v) is 10.7. The molecule has 2 heterocycles. The van der Waals surface area contributed by atoms with Crippen molar-refractivity contribution in [3.8, 4) is 0 Å². The van der Waals surface area contributed by atoms with Gasteiger partial charge >= 0.3 is 0 Å². The monoisotopic (exact) mass is 246 g/mol. The van der Waals surface area contributed by atoms with Crippen LogP contribution in [0, 0.1) is 0 Å². The molecule has 0 unspecified atom stereocenters. The van der Waals surface area contributed by atoms with Crippen LogP contribution in [0.3, 0.4) is 0 Å². The van der Waals surface area contributed by atoms with Crippen LogP contribution in [0.5, 0.6) is 0 Å². The summed E-state index contributed by atoms with van der Waals surface area (Å²) in [5.41, 5.74) is 1.21. The first-order chi connectivity index (χ1) is 8.29. The molecule has 0 amide bonds. The first-order valence-corrected chi connectivity index (χ1v) is 6.49. The number of aromatic nitrogens is 3. The zero-order chi connectivity index (χ0) is 12.1. The fourth-order valence-corrected chi connectivity index (χ4v) is 1.84. The van der Waals surface area contributed by atoms with Crippen molar-refractivity contribution in [2.75, 3.05) is 18.2 Å². The van der Waals surface area contributed by atoms with Gasteiger partial charge in [-0.05, 0) is 30.0 Å². The Balaban J connectivity index is 2.11. The van der Waals surface area contributed by atoms with Gasteiger partial charge in [-0.1, -0.05) is 11.8 Å². The summed E-state index contributed by atoms with van der Waals surface area (Å²) in [5.74, 6) is 0.932. The van der Waals surface area contributed by atoms with E-state index in [1.54, 1.807) is 30.4 Å². The molecule has 0 atom stereocenters. The van der Waals surface area contributed by atoms with Gasteiger partial charge in [-0.3, -0.25) is 4.98 Å². The van der Waals surface area contributed by atoms with Crippen molar-refractivity contribution >= 4 is 17.6 Å². The smallest absolute Gasteiger partial charge is 0.189 e. The van der Waals surface area contributed by atoms with Crippen LogP contribution in [0.1, 0.15) is 5.56 Å². The summed E-state index contributed by atoms with van der Waals surface area (Å²) in [7, 11) is 2.02. The van der Waals surface area contributed by atoms with Crippen LogP contribution in [0.25, 0.3) is 0 Å². The number of hydrogen-bond acceptors (Lipinski definition) is 5. The molecule has 5 heteroatoms. The molecular weight excluding hydrogens is 232 g/mol. The Labute approximate surface area is 105 Å². The van der Waals surface area contributed by atoms with E-state index in [0.717, 1.165) is 17.5 Å².